The zero-order chi connectivity index (χ0) is 10.4. The second kappa shape index (κ2) is 5.91. The Balaban J connectivity index is 2.31. The van der Waals surface area contributed by atoms with E-state index in [1.165, 1.54) is 17.7 Å². The molecule has 0 spiro atoms. The lowest BCUT2D eigenvalue weighted by atomic mass is 10.2. The molecule has 3 heteroatoms. The summed E-state index contributed by atoms with van der Waals surface area (Å²) in [6.45, 7) is 4.52. The minimum Gasteiger partial charge on any atom is -0.384 e. The van der Waals surface area contributed by atoms with E-state index in [0.29, 0.717) is 5.82 Å². The Morgan fingerprint density at radius 2 is 2.36 bits per heavy atom. The van der Waals surface area contributed by atoms with Gasteiger partial charge in [0.25, 0.3) is 0 Å². The molecule has 14 heavy (non-hydrogen) atoms. The molecule has 1 unspecified atom stereocenters. The molecule has 0 bridgehead atoms. The maximum absolute atomic E-state index is 5.60. The molecule has 0 aliphatic heterocycles. The molecule has 0 aromatic carbocycles. The van der Waals surface area contributed by atoms with E-state index in [9.17, 15) is 0 Å². The SMILES string of the molecule is CCC(C)CSCc1ccnc(N)c1. The normalized spacial score (nSPS) is 12.7. The van der Waals surface area contributed by atoms with Crippen LogP contribution in [0.25, 0.3) is 0 Å². The lowest BCUT2D eigenvalue weighted by Crippen LogP contribution is -1.96. The van der Waals surface area contributed by atoms with E-state index in [4.69, 9.17) is 5.73 Å². The molecule has 2 N–H and O–H groups in total. The lowest BCUT2D eigenvalue weighted by Gasteiger charge is -2.07. The predicted octanol–water partition coefficient (Wildman–Crippen LogP) is 2.94. The van der Waals surface area contributed by atoms with E-state index in [2.05, 4.69) is 18.8 Å². The van der Waals surface area contributed by atoms with Crippen LogP contribution in [0.3, 0.4) is 0 Å². The summed E-state index contributed by atoms with van der Waals surface area (Å²) in [4.78, 5) is 3.97. The molecule has 0 aliphatic carbocycles. The zero-order valence-corrected chi connectivity index (χ0v) is 9.68. The summed E-state index contributed by atoms with van der Waals surface area (Å²) < 4.78 is 0. The fourth-order valence-corrected chi connectivity index (χ4v) is 2.25. The van der Waals surface area contributed by atoms with Gasteiger partial charge in [-0.1, -0.05) is 20.3 Å². The number of nitrogens with two attached hydrogens (primary N) is 1. The lowest BCUT2D eigenvalue weighted by molar-refractivity contribution is 0.637. The first-order valence-corrected chi connectivity index (χ1v) is 6.16. The van der Waals surface area contributed by atoms with Gasteiger partial charge in [0, 0.05) is 11.9 Å². The van der Waals surface area contributed by atoms with Gasteiger partial charge in [-0.05, 0) is 29.4 Å². The summed E-state index contributed by atoms with van der Waals surface area (Å²) in [5.41, 5.74) is 6.87. The predicted molar refractivity (Wildman–Crippen MR) is 64.3 cm³/mol. The monoisotopic (exact) mass is 210 g/mol. The Kier molecular flexibility index (Phi) is 4.80. The molecule has 1 atom stereocenters. The van der Waals surface area contributed by atoms with Gasteiger partial charge in [-0.2, -0.15) is 11.8 Å². The van der Waals surface area contributed by atoms with Gasteiger partial charge in [0.15, 0.2) is 0 Å². The molecule has 0 saturated carbocycles. The van der Waals surface area contributed by atoms with Crippen LogP contribution in [-0.4, -0.2) is 10.7 Å². The first-order valence-electron chi connectivity index (χ1n) is 5.00. The third-order valence-corrected chi connectivity index (χ3v) is 3.56. The number of aromatic nitrogens is 1. The van der Waals surface area contributed by atoms with Crippen molar-refractivity contribution in [2.45, 2.75) is 26.0 Å². The van der Waals surface area contributed by atoms with E-state index in [1.54, 1.807) is 6.20 Å². The van der Waals surface area contributed by atoms with E-state index >= 15 is 0 Å². The number of pyridine rings is 1. The van der Waals surface area contributed by atoms with Gasteiger partial charge < -0.3 is 5.73 Å². The Hall–Kier alpha value is -0.700. The first kappa shape index (κ1) is 11.4. The van der Waals surface area contributed by atoms with Crippen LogP contribution in [0, 0.1) is 5.92 Å². The van der Waals surface area contributed by atoms with Gasteiger partial charge in [-0.15, -0.1) is 0 Å². The highest BCUT2D eigenvalue weighted by Crippen LogP contribution is 2.17. The molecule has 1 heterocycles. The molecule has 2 nitrogen and oxygen atoms in total. The van der Waals surface area contributed by atoms with E-state index in [0.717, 1.165) is 11.7 Å². The van der Waals surface area contributed by atoms with Gasteiger partial charge in [-0.3, -0.25) is 0 Å². The van der Waals surface area contributed by atoms with E-state index in [-0.39, 0.29) is 0 Å². The average molecular weight is 210 g/mol. The Morgan fingerprint density at radius 1 is 1.57 bits per heavy atom. The van der Waals surface area contributed by atoms with Crippen LogP contribution in [0.15, 0.2) is 18.3 Å². The highest BCUT2D eigenvalue weighted by molar-refractivity contribution is 7.98. The largest absolute Gasteiger partial charge is 0.384 e. The number of nitrogen functional groups attached to an aromatic ring is 1. The van der Waals surface area contributed by atoms with Crippen molar-refractivity contribution in [1.29, 1.82) is 0 Å². The quantitative estimate of drug-likeness (QED) is 0.812. The Bertz CT molecular complexity index is 276. The van der Waals surface area contributed by atoms with Gasteiger partial charge in [0.2, 0.25) is 0 Å². The van der Waals surface area contributed by atoms with Crippen molar-refractivity contribution in [2.24, 2.45) is 5.92 Å². The zero-order valence-electron chi connectivity index (χ0n) is 8.86. The molecule has 0 saturated heterocycles. The molecule has 0 aliphatic rings. The van der Waals surface area contributed by atoms with Crippen molar-refractivity contribution in [2.75, 3.05) is 11.5 Å². The first-order chi connectivity index (χ1) is 6.72. The summed E-state index contributed by atoms with van der Waals surface area (Å²) in [6.07, 6.45) is 3.03. The number of hydrogen-bond acceptors (Lipinski definition) is 3. The van der Waals surface area contributed by atoms with E-state index < -0.39 is 0 Å². The maximum atomic E-state index is 5.60. The Labute approximate surface area is 90.3 Å². The summed E-state index contributed by atoms with van der Waals surface area (Å²) in [7, 11) is 0. The van der Waals surface area contributed by atoms with Crippen LogP contribution in [0.2, 0.25) is 0 Å². The fraction of sp³-hybridized carbons (Fsp3) is 0.545. The summed E-state index contributed by atoms with van der Waals surface area (Å²) in [6, 6.07) is 3.98. The minimum absolute atomic E-state index is 0.617. The molecule has 1 aromatic rings. The smallest absolute Gasteiger partial charge is 0.123 e. The van der Waals surface area contributed by atoms with Crippen molar-refractivity contribution in [3.8, 4) is 0 Å². The summed E-state index contributed by atoms with van der Waals surface area (Å²) in [5.74, 6) is 3.68. The average Bonchev–Trinajstić information content (AvgIpc) is 2.17. The number of hydrogen-bond donors (Lipinski definition) is 1. The third kappa shape index (κ3) is 4.01. The van der Waals surface area contributed by atoms with Crippen molar-refractivity contribution < 1.29 is 0 Å². The molecule has 1 rings (SSSR count). The van der Waals surface area contributed by atoms with Crippen molar-refractivity contribution in [3.05, 3.63) is 23.9 Å². The molecule has 0 fully saturated rings. The maximum Gasteiger partial charge on any atom is 0.123 e. The molecule has 0 radical (unpaired) electrons. The second-order valence-electron chi connectivity index (χ2n) is 3.62. The van der Waals surface area contributed by atoms with E-state index in [1.807, 2.05) is 23.9 Å². The minimum atomic E-state index is 0.617. The number of rotatable bonds is 5. The topological polar surface area (TPSA) is 38.9 Å². The van der Waals surface area contributed by atoms with Crippen LogP contribution in [0.5, 0.6) is 0 Å². The van der Waals surface area contributed by atoms with Crippen LogP contribution in [0.1, 0.15) is 25.8 Å². The van der Waals surface area contributed by atoms with Crippen LogP contribution < -0.4 is 5.73 Å². The molecule has 1 aromatic heterocycles. The highest BCUT2D eigenvalue weighted by Gasteiger charge is 1.99. The number of nitrogens with zero attached hydrogens (tertiary/aromatic N) is 1. The van der Waals surface area contributed by atoms with Crippen LogP contribution in [-0.2, 0) is 5.75 Å². The molecule has 0 amide bonds. The van der Waals surface area contributed by atoms with Crippen LogP contribution >= 0.6 is 11.8 Å². The second-order valence-corrected chi connectivity index (χ2v) is 4.65. The van der Waals surface area contributed by atoms with Crippen LogP contribution in [0.4, 0.5) is 5.82 Å². The number of anilines is 1. The van der Waals surface area contributed by atoms with Crippen molar-refractivity contribution >= 4 is 17.6 Å². The van der Waals surface area contributed by atoms with Gasteiger partial charge in [0.05, 0.1) is 0 Å². The molecular formula is C11H18N2S. The molecule has 78 valence electrons. The number of thioether (sulfide) groups is 1. The van der Waals surface area contributed by atoms with Gasteiger partial charge >= 0.3 is 0 Å². The van der Waals surface area contributed by atoms with Gasteiger partial charge in [-0.25, -0.2) is 4.98 Å². The summed E-state index contributed by atoms with van der Waals surface area (Å²) >= 11 is 1.96. The molecular weight excluding hydrogens is 192 g/mol. The van der Waals surface area contributed by atoms with Crippen molar-refractivity contribution in [1.82, 2.24) is 4.98 Å². The standard InChI is InChI=1S/C11H18N2S/c1-3-9(2)7-14-8-10-4-5-13-11(12)6-10/h4-6,9H,3,7-8H2,1-2H3,(H2,12,13). The van der Waals surface area contributed by atoms with Gasteiger partial charge in [0.1, 0.15) is 5.82 Å². The summed E-state index contributed by atoms with van der Waals surface area (Å²) in [5, 5.41) is 0. The Morgan fingerprint density at radius 3 is 3.00 bits per heavy atom. The third-order valence-electron chi connectivity index (χ3n) is 2.21. The fourth-order valence-electron chi connectivity index (χ4n) is 1.08. The van der Waals surface area contributed by atoms with Crippen molar-refractivity contribution in [3.63, 3.8) is 0 Å². The highest BCUT2D eigenvalue weighted by atomic mass is 32.2.